The van der Waals surface area contributed by atoms with E-state index < -0.39 is 23.5 Å². The van der Waals surface area contributed by atoms with E-state index in [2.05, 4.69) is 5.32 Å². The van der Waals surface area contributed by atoms with Crippen molar-refractivity contribution in [2.75, 3.05) is 7.05 Å². The number of amides is 1. The van der Waals surface area contributed by atoms with E-state index >= 15 is 0 Å². The van der Waals surface area contributed by atoms with Gasteiger partial charge in [0.1, 0.15) is 5.60 Å². The second kappa shape index (κ2) is 4.95. The highest BCUT2D eigenvalue weighted by molar-refractivity contribution is 5.85. The van der Waals surface area contributed by atoms with Crippen molar-refractivity contribution in [1.29, 1.82) is 0 Å². The van der Waals surface area contributed by atoms with Gasteiger partial charge < -0.3 is 15.8 Å². The molecule has 14 heavy (non-hydrogen) atoms. The van der Waals surface area contributed by atoms with Gasteiger partial charge >= 0.3 is 5.97 Å². The predicted molar refractivity (Wildman–Crippen MR) is 52.5 cm³/mol. The van der Waals surface area contributed by atoms with Crippen LogP contribution in [0.1, 0.15) is 27.2 Å². The molecule has 0 aliphatic rings. The summed E-state index contributed by atoms with van der Waals surface area (Å²) in [7, 11) is 1.57. The molecule has 82 valence electrons. The van der Waals surface area contributed by atoms with E-state index in [1.54, 1.807) is 27.8 Å². The summed E-state index contributed by atoms with van der Waals surface area (Å²) in [5.41, 5.74) is 4.52. The van der Waals surface area contributed by atoms with Crippen LogP contribution < -0.4 is 11.1 Å². The Morgan fingerprint density at radius 2 is 1.93 bits per heavy atom. The largest absolute Gasteiger partial charge is 0.460 e. The molecule has 1 atom stereocenters. The van der Waals surface area contributed by atoms with E-state index in [9.17, 15) is 9.59 Å². The maximum atomic E-state index is 11.3. The summed E-state index contributed by atoms with van der Waals surface area (Å²) in [5.74, 6) is -0.992. The molecular weight excluding hydrogens is 184 g/mol. The molecule has 0 rings (SSSR count). The van der Waals surface area contributed by atoms with Crippen LogP contribution in [0.15, 0.2) is 0 Å². The lowest BCUT2D eigenvalue weighted by molar-refractivity contribution is -0.156. The highest BCUT2D eigenvalue weighted by atomic mass is 16.6. The molecule has 3 N–H and O–H groups in total. The smallest absolute Gasteiger partial charge is 0.308 e. The molecule has 0 saturated heterocycles. The molecule has 0 unspecified atom stereocenters. The Morgan fingerprint density at radius 1 is 1.43 bits per heavy atom. The minimum absolute atomic E-state index is 0.0386. The number of nitrogens with one attached hydrogen (secondary N) is 1. The third-order valence-corrected chi connectivity index (χ3v) is 1.48. The maximum absolute atomic E-state index is 11.3. The van der Waals surface area contributed by atoms with Crippen molar-refractivity contribution in [3.8, 4) is 0 Å². The lowest BCUT2D eigenvalue weighted by Gasteiger charge is -2.21. The Morgan fingerprint density at radius 3 is 2.21 bits per heavy atom. The van der Waals surface area contributed by atoms with Crippen LogP contribution in [0.25, 0.3) is 0 Å². The molecule has 0 heterocycles. The summed E-state index contributed by atoms with van der Waals surface area (Å²) in [6.45, 7) is 5.30. The van der Waals surface area contributed by atoms with E-state index in [4.69, 9.17) is 10.5 Å². The fourth-order valence-electron chi connectivity index (χ4n) is 0.895. The number of carbonyl (C=O) groups excluding carboxylic acids is 2. The van der Waals surface area contributed by atoms with Gasteiger partial charge in [0.2, 0.25) is 5.91 Å². The molecule has 0 fully saturated rings. The molecule has 5 heteroatoms. The molecule has 0 aliphatic carbocycles. The zero-order chi connectivity index (χ0) is 11.4. The fourth-order valence-corrected chi connectivity index (χ4v) is 0.895. The van der Waals surface area contributed by atoms with E-state index in [0.29, 0.717) is 0 Å². The molecular formula is C9H18N2O3. The van der Waals surface area contributed by atoms with E-state index in [1.807, 2.05) is 0 Å². The second-order valence-corrected chi connectivity index (χ2v) is 4.03. The summed E-state index contributed by atoms with van der Waals surface area (Å²) in [6, 6.07) is -0.662. The van der Waals surface area contributed by atoms with Crippen LogP contribution in [0.5, 0.6) is 0 Å². The zero-order valence-electron chi connectivity index (χ0n) is 9.09. The van der Waals surface area contributed by atoms with Crippen LogP contribution in [0.4, 0.5) is 0 Å². The lowest BCUT2D eigenvalue weighted by atomic mass is 10.1. The number of ether oxygens (including phenoxy) is 1. The van der Waals surface area contributed by atoms with Gasteiger partial charge in [-0.2, -0.15) is 0 Å². The minimum atomic E-state index is -0.662. The van der Waals surface area contributed by atoms with Gasteiger partial charge in [0.25, 0.3) is 0 Å². The van der Waals surface area contributed by atoms with E-state index in [1.165, 1.54) is 0 Å². The average Bonchev–Trinajstić information content (AvgIpc) is 1.96. The number of nitrogens with two attached hydrogens (primary N) is 1. The van der Waals surface area contributed by atoms with Crippen molar-refractivity contribution in [2.45, 2.75) is 38.8 Å². The Hall–Kier alpha value is -1.10. The van der Waals surface area contributed by atoms with Gasteiger partial charge in [0, 0.05) is 0 Å². The summed E-state index contributed by atoms with van der Waals surface area (Å²) < 4.78 is 5.03. The third-order valence-electron chi connectivity index (χ3n) is 1.48. The second-order valence-electron chi connectivity index (χ2n) is 4.03. The monoisotopic (exact) mass is 202 g/mol. The summed E-state index contributed by atoms with van der Waals surface area (Å²) >= 11 is 0. The Labute approximate surface area is 84.0 Å². The fraction of sp³-hybridized carbons (Fsp3) is 0.778. The van der Waals surface area contributed by atoms with Crippen molar-refractivity contribution in [3.05, 3.63) is 0 Å². The van der Waals surface area contributed by atoms with Crippen molar-refractivity contribution < 1.29 is 14.3 Å². The first-order valence-corrected chi connectivity index (χ1v) is 4.44. The molecule has 0 aromatic heterocycles. The normalized spacial score (nSPS) is 13.4. The van der Waals surface area contributed by atoms with Crippen LogP contribution in [0.2, 0.25) is 0 Å². The molecule has 0 aliphatic heterocycles. The van der Waals surface area contributed by atoms with E-state index in [-0.39, 0.29) is 6.42 Å². The van der Waals surface area contributed by atoms with Gasteiger partial charge in [0.05, 0.1) is 12.5 Å². The number of likely N-dealkylation sites (N-methyl/N-ethyl adjacent to an activating group) is 1. The van der Waals surface area contributed by atoms with E-state index in [0.717, 1.165) is 0 Å². The van der Waals surface area contributed by atoms with Crippen molar-refractivity contribution in [3.63, 3.8) is 0 Å². The summed E-state index contributed by atoms with van der Waals surface area (Å²) in [6.07, 6.45) is -0.0386. The van der Waals surface area contributed by atoms with Crippen molar-refractivity contribution >= 4 is 11.9 Å². The first-order chi connectivity index (χ1) is 6.26. The highest BCUT2D eigenvalue weighted by Gasteiger charge is 2.22. The number of hydrogen-bond acceptors (Lipinski definition) is 4. The number of rotatable bonds is 4. The number of carbonyl (C=O) groups is 2. The number of hydrogen-bond donors (Lipinski definition) is 2. The number of esters is 1. The van der Waals surface area contributed by atoms with Gasteiger partial charge in [-0.15, -0.1) is 0 Å². The standard InChI is InChI=1S/C9H18N2O3/c1-9(2,3)14-7(12)5-6(11-4)8(10)13/h6,11H,5H2,1-4H3,(H2,10,13)/t6-/m0/s1. The van der Waals surface area contributed by atoms with Crippen LogP contribution in [-0.4, -0.2) is 30.6 Å². The average molecular weight is 202 g/mol. The van der Waals surface area contributed by atoms with Crippen LogP contribution in [-0.2, 0) is 14.3 Å². The van der Waals surface area contributed by atoms with Gasteiger partial charge in [-0.25, -0.2) is 0 Å². The molecule has 0 aromatic rings. The molecule has 0 radical (unpaired) electrons. The first kappa shape index (κ1) is 12.9. The summed E-state index contributed by atoms with van der Waals surface area (Å²) in [5, 5.41) is 2.64. The Kier molecular flexibility index (Phi) is 4.56. The van der Waals surface area contributed by atoms with Crippen LogP contribution >= 0.6 is 0 Å². The molecule has 5 nitrogen and oxygen atoms in total. The quantitative estimate of drug-likeness (QED) is 0.618. The van der Waals surface area contributed by atoms with Crippen molar-refractivity contribution in [2.24, 2.45) is 5.73 Å². The summed E-state index contributed by atoms with van der Waals surface area (Å²) in [4.78, 5) is 22.0. The van der Waals surface area contributed by atoms with Gasteiger partial charge in [-0.3, -0.25) is 9.59 Å². The van der Waals surface area contributed by atoms with Crippen LogP contribution in [0, 0.1) is 0 Å². The SMILES string of the molecule is CN[C@@H](CC(=O)OC(C)(C)C)C(N)=O. The molecule has 1 amide bonds. The van der Waals surface area contributed by atoms with Gasteiger partial charge in [-0.05, 0) is 27.8 Å². The molecule has 0 bridgehead atoms. The molecule has 0 spiro atoms. The zero-order valence-corrected chi connectivity index (χ0v) is 9.09. The van der Waals surface area contributed by atoms with Crippen molar-refractivity contribution in [1.82, 2.24) is 5.32 Å². The lowest BCUT2D eigenvalue weighted by Crippen LogP contribution is -2.41. The number of primary amides is 1. The Balaban J connectivity index is 4.11. The maximum Gasteiger partial charge on any atom is 0.308 e. The van der Waals surface area contributed by atoms with Crippen LogP contribution in [0.3, 0.4) is 0 Å². The predicted octanol–water partition coefficient (Wildman–Crippen LogP) is -0.208. The third kappa shape index (κ3) is 5.53. The topological polar surface area (TPSA) is 81.4 Å². The van der Waals surface area contributed by atoms with Gasteiger partial charge in [0.15, 0.2) is 0 Å². The highest BCUT2D eigenvalue weighted by Crippen LogP contribution is 2.09. The molecule has 0 saturated carbocycles. The minimum Gasteiger partial charge on any atom is -0.460 e. The van der Waals surface area contributed by atoms with Gasteiger partial charge in [-0.1, -0.05) is 0 Å². The Bertz CT molecular complexity index is 221. The molecule has 0 aromatic carbocycles. The first-order valence-electron chi connectivity index (χ1n) is 4.44.